The monoisotopic (exact) mass is 374 g/mol. The summed E-state index contributed by atoms with van der Waals surface area (Å²) in [4.78, 5) is 15.3. The van der Waals surface area contributed by atoms with E-state index in [0.29, 0.717) is 36.1 Å². The number of rotatable bonds is 8. The molecule has 0 aliphatic heterocycles. The molecule has 1 heterocycles. The molecule has 0 aliphatic rings. The number of hydrogen-bond donors (Lipinski definition) is 2. The molecule has 0 saturated heterocycles. The normalized spacial score (nSPS) is 10.8. The average molecular weight is 375 g/mol. The van der Waals surface area contributed by atoms with Gasteiger partial charge < -0.3 is 9.15 Å². The van der Waals surface area contributed by atoms with Crippen LogP contribution in [0.3, 0.4) is 0 Å². The van der Waals surface area contributed by atoms with Crippen LogP contribution in [0.5, 0.6) is 5.75 Å². The number of amides is 1. The van der Waals surface area contributed by atoms with Gasteiger partial charge in [-0.15, -0.1) is 0 Å². The maximum atomic E-state index is 10.9. The molecule has 1 amide bonds. The van der Waals surface area contributed by atoms with Crippen molar-refractivity contribution in [3.8, 4) is 17.2 Å². The maximum Gasteiger partial charge on any atom is 0.243 e. The smallest absolute Gasteiger partial charge is 0.243 e. The Morgan fingerprint density at radius 2 is 2.04 bits per heavy atom. The van der Waals surface area contributed by atoms with E-state index in [1.807, 2.05) is 30.3 Å². The summed E-state index contributed by atoms with van der Waals surface area (Å²) in [7, 11) is 0. The van der Waals surface area contributed by atoms with Gasteiger partial charge in [-0.3, -0.25) is 10.0 Å². The summed E-state index contributed by atoms with van der Waals surface area (Å²) in [6.07, 6.45) is 2.62. The highest BCUT2D eigenvalue weighted by molar-refractivity contribution is 6.32. The van der Waals surface area contributed by atoms with Crippen molar-refractivity contribution in [1.82, 2.24) is 10.5 Å². The summed E-state index contributed by atoms with van der Waals surface area (Å²) >= 11 is 6.30. The number of hydrogen-bond acceptors (Lipinski definition) is 5. The molecule has 6 nitrogen and oxygen atoms in total. The van der Waals surface area contributed by atoms with Crippen LogP contribution in [-0.4, -0.2) is 22.7 Å². The molecule has 0 bridgehead atoms. The van der Waals surface area contributed by atoms with Crippen LogP contribution < -0.4 is 10.2 Å². The van der Waals surface area contributed by atoms with Crippen molar-refractivity contribution in [2.75, 3.05) is 6.61 Å². The van der Waals surface area contributed by atoms with Gasteiger partial charge >= 0.3 is 0 Å². The second kappa shape index (κ2) is 8.69. The molecule has 0 spiro atoms. The molecular formula is C19H19ClN2O4. The first-order valence-corrected chi connectivity index (χ1v) is 8.76. The molecule has 1 aromatic heterocycles. The molecule has 7 heteroatoms. The summed E-state index contributed by atoms with van der Waals surface area (Å²) in [6, 6.07) is 13.0. The molecule has 0 radical (unpaired) electrons. The molecule has 0 atom stereocenters. The highest BCUT2D eigenvalue weighted by atomic mass is 35.5. The fraction of sp³-hybridized carbons (Fsp3) is 0.263. The summed E-state index contributed by atoms with van der Waals surface area (Å²) < 4.78 is 11.4. The molecule has 2 N–H and O–H groups in total. The summed E-state index contributed by atoms with van der Waals surface area (Å²) in [5.74, 6) is 0.741. The molecule has 3 rings (SSSR count). The van der Waals surface area contributed by atoms with Gasteiger partial charge in [0.1, 0.15) is 11.3 Å². The molecule has 0 unspecified atom stereocenters. The Morgan fingerprint density at radius 3 is 2.81 bits per heavy atom. The molecule has 3 aromatic rings. The highest BCUT2D eigenvalue weighted by Gasteiger charge is 2.10. The number of carbonyl (C=O) groups is 1. The topological polar surface area (TPSA) is 84.6 Å². The number of halogens is 1. The average Bonchev–Trinajstić information content (AvgIpc) is 3.09. The Hall–Kier alpha value is -2.57. The first-order valence-electron chi connectivity index (χ1n) is 8.38. The fourth-order valence-corrected chi connectivity index (χ4v) is 2.78. The lowest BCUT2D eigenvalue weighted by molar-refractivity contribution is -0.129. The van der Waals surface area contributed by atoms with Crippen LogP contribution in [0.2, 0.25) is 5.02 Å². The van der Waals surface area contributed by atoms with Gasteiger partial charge in [0.2, 0.25) is 11.8 Å². The number of nitrogens with one attached hydrogen (secondary N) is 1. The van der Waals surface area contributed by atoms with E-state index >= 15 is 0 Å². The third-order valence-corrected chi connectivity index (χ3v) is 4.20. The molecule has 2 aromatic carbocycles. The summed E-state index contributed by atoms with van der Waals surface area (Å²) in [6.45, 7) is 0.503. The third-order valence-electron chi connectivity index (χ3n) is 3.90. The van der Waals surface area contributed by atoms with Crippen molar-refractivity contribution in [1.29, 1.82) is 0 Å². The minimum atomic E-state index is -0.372. The van der Waals surface area contributed by atoms with Crippen LogP contribution in [0.1, 0.15) is 25.7 Å². The van der Waals surface area contributed by atoms with Gasteiger partial charge in [-0.1, -0.05) is 23.7 Å². The van der Waals surface area contributed by atoms with Crippen molar-refractivity contribution in [2.24, 2.45) is 0 Å². The second-order valence-corrected chi connectivity index (χ2v) is 6.23. The molecule has 0 fully saturated rings. The number of nitrogens with zero attached hydrogens (tertiary/aromatic N) is 1. The van der Waals surface area contributed by atoms with Crippen molar-refractivity contribution in [3.63, 3.8) is 0 Å². The van der Waals surface area contributed by atoms with Crippen molar-refractivity contribution >= 4 is 28.6 Å². The van der Waals surface area contributed by atoms with E-state index in [2.05, 4.69) is 4.98 Å². The predicted molar refractivity (Wildman–Crippen MR) is 98.3 cm³/mol. The van der Waals surface area contributed by atoms with E-state index in [9.17, 15) is 4.79 Å². The van der Waals surface area contributed by atoms with Gasteiger partial charge in [0, 0.05) is 12.0 Å². The molecule has 26 heavy (non-hydrogen) atoms. The van der Waals surface area contributed by atoms with Gasteiger partial charge in [0.05, 0.1) is 11.6 Å². The first-order chi connectivity index (χ1) is 12.7. The van der Waals surface area contributed by atoms with E-state index in [1.54, 1.807) is 17.6 Å². The molecule has 0 saturated carbocycles. The number of unbranched alkanes of at least 4 members (excludes halogenated alkanes) is 2. The Kier molecular flexibility index (Phi) is 6.09. The number of hydroxylamine groups is 1. The Balaban J connectivity index is 1.55. The minimum absolute atomic E-state index is 0.302. The number of para-hydroxylation sites is 2. The Bertz CT molecular complexity index is 861. The van der Waals surface area contributed by atoms with E-state index in [-0.39, 0.29) is 5.91 Å². The largest absolute Gasteiger partial charge is 0.492 e. The number of fused-ring (bicyclic) bond motifs is 1. The van der Waals surface area contributed by atoms with Gasteiger partial charge in [-0.05, 0) is 49.6 Å². The number of aromatic nitrogens is 1. The van der Waals surface area contributed by atoms with Crippen molar-refractivity contribution in [3.05, 3.63) is 47.5 Å². The number of ether oxygens (including phenoxy) is 1. The maximum absolute atomic E-state index is 10.9. The minimum Gasteiger partial charge on any atom is -0.492 e. The zero-order valence-corrected chi connectivity index (χ0v) is 14.8. The van der Waals surface area contributed by atoms with E-state index in [1.165, 1.54) is 0 Å². The van der Waals surface area contributed by atoms with E-state index < -0.39 is 0 Å². The summed E-state index contributed by atoms with van der Waals surface area (Å²) in [5.41, 5.74) is 3.93. The zero-order chi connectivity index (χ0) is 18.4. The van der Waals surface area contributed by atoms with E-state index in [0.717, 1.165) is 29.5 Å². The van der Waals surface area contributed by atoms with Crippen molar-refractivity contribution < 1.29 is 19.2 Å². The SMILES string of the molecule is O=C(CCCCCOc1ccc(-c2nc3ccccc3o2)cc1Cl)NO. The highest BCUT2D eigenvalue weighted by Crippen LogP contribution is 2.31. The second-order valence-electron chi connectivity index (χ2n) is 5.83. The molecule has 136 valence electrons. The van der Waals surface area contributed by atoms with Crippen LogP contribution in [0, 0.1) is 0 Å². The third kappa shape index (κ3) is 4.53. The zero-order valence-electron chi connectivity index (χ0n) is 14.1. The lowest BCUT2D eigenvalue weighted by Gasteiger charge is -2.08. The molecule has 0 aliphatic carbocycles. The quantitative estimate of drug-likeness (QED) is 0.342. The standard InChI is InChI=1S/C19H19ClN2O4/c20-14-12-13(19-21-15-6-3-4-7-17(15)26-19)9-10-16(14)25-11-5-1-2-8-18(23)22-24/h3-4,6-7,9-10,12,24H,1-2,5,8,11H2,(H,22,23). The number of carbonyl (C=O) groups excluding carboxylic acids is 1. The van der Waals surface area contributed by atoms with Gasteiger partial charge in [-0.25, -0.2) is 10.5 Å². The van der Waals surface area contributed by atoms with Crippen LogP contribution >= 0.6 is 11.6 Å². The van der Waals surface area contributed by atoms with Crippen LogP contribution in [0.4, 0.5) is 0 Å². The van der Waals surface area contributed by atoms with Crippen molar-refractivity contribution in [2.45, 2.75) is 25.7 Å². The van der Waals surface area contributed by atoms with Gasteiger partial charge in [-0.2, -0.15) is 0 Å². The van der Waals surface area contributed by atoms with Crippen LogP contribution in [0.15, 0.2) is 46.9 Å². The molecular weight excluding hydrogens is 356 g/mol. The van der Waals surface area contributed by atoms with Gasteiger partial charge in [0.25, 0.3) is 0 Å². The van der Waals surface area contributed by atoms with Gasteiger partial charge in [0.15, 0.2) is 5.58 Å². The Labute approximate surface area is 155 Å². The fourth-order valence-electron chi connectivity index (χ4n) is 2.55. The number of oxazole rings is 1. The first kappa shape index (κ1) is 18.2. The van der Waals surface area contributed by atoms with Crippen LogP contribution in [-0.2, 0) is 4.79 Å². The van der Waals surface area contributed by atoms with E-state index in [4.69, 9.17) is 26.0 Å². The predicted octanol–water partition coefficient (Wildman–Crippen LogP) is 4.59. The Morgan fingerprint density at radius 1 is 1.19 bits per heavy atom. The lowest BCUT2D eigenvalue weighted by Crippen LogP contribution is -2.17. The van der Waals surface area contributed by atoms with Crippen LogP contribution in [0.25, 0.3) is 22.6 Å². The summed E-state index contributed by atoms with van der Waals surface area (Å²) in [5, 5.41) is 8.90. The number of benzene rings is 2. The lowest BCUT2D eigenvalue weighted by atomic mass is 10.2.